The molecule has 0 amide bonds. The van der Waals surface area contributed by atoms with E-state index in [1.165, 1.54) is 7.11 Å². The minimum atomic E-state index is -0.997. The fourth-order valence-corrected chi connectivity index (χ4v) is 0.809. The van der Waals surface area contributed by atoms with Gasteiger partial charge in [0, 0.05) is 7.11 Å². The molecule has 1 N–H and O–H groups in total. The Balaban J connectivity index is 2.29. The van der Waals surface area contributed by atoms with Gasteiger partial charge < -0.3 is 19.3 Å². The average Bonchev–Trinajstić information content (AvgIpc) is 2.37. The van der Waals surface area contributed by atoms with E-state index in [4.69, 9.17) is 19.3 Å². The summed E-state index contributed by atoms with van der Waals surface area (Å²) in [7, 11) is 1.50. The van der Waals surface area contributed by atoms with Crippen molar-refractivity contribution in [1.29, 1.82) is 0 Å². The third-order valence-corrected chi connectivity index (χ3v) is 1.33. The molecular formula is C6H10O5. The first kappa shape index (κ1) is 8.45. The minimum absolute atomic E-state index is 0.101. The molecule has 1 aliphatic rings. The molecule has 0 bridgehead atoms. The first-order valence-electron chi connectivity index (χ1n) is 3.23. The molecule has 0 aromatic heterocycles. The van der Waals surface area contributed by atoms with Crippen molar-refractivity contribution in [3.63, 3.8) is 0 Å². The maximum atomic E-state index is 10.3. The monoisotopic (exact) mass is 162 g/mol. The zero-order valence-electron chi connectivity index (χ0n) is 6.15. The van der Waals surface area contributed by atoms with Gasteiger partial charge in [0.1, 0.15) is 0 Å². The molecule has 5 heteroatoms. The Bertz CT molecular complexity index is 146. The van der Waals surface area contributed by atoms with Crippen molar-refractivity contribution < 1.29 is 24.1 Å². The van der Waals surface area contributed by atoms with Crippen LogP contribution in [0.2, 0.25) is 0 Å². The number of methoxy groups -OCH3 is 1. The number of carboxylic acids is 1. The molecule has 0 saturated carbocycles. The van der Waals surface area contributed by atoms with Gasteiger partial charge in [0.25, 0.3) is 0 Å². The van der Waals surface area contributed by atoms with E-state index in [1.54, 1.807) is 0 Å². The lowest BCUT2D eigenvalue weighted by Gasteiger charge is -2.06. The Hall–Kier alpha value is -0.650. The van der Waals surface area contributed by atoms with Crippen molar-refractivity contribution in [1.82, 2.24) is 0 Å². The molecule has 0 aliphatic carbocycles. The molecule has 64 valence electrons. The van der Waals surface area contributed by atoms with Crippen LogP contribution in [-0.2, 0) is 19.0 Å². The van der Waals surface area contributed by atoms with Gasteiger partial charge in [-0.2, -0.15) is 0 Å². The van der Waals surface area contributed by atoms with Gasteiger partial charge in [-0.15, -0.1) is 0 Å². The second-order valence-electron chi connectivity index (χ2n) is 2.18. The Kier molecular flexibility index (Phi) is 2.81. The van der Waals surface area contributed by atoms with E-state index in [1.807, 2.05) is 0 Å². The molecule has 0 radical (unpaired) electrons. The van der Waals surface area contributed by atoms with Gasteiger partial charge >= 0.3 is 5.97 Å². The number of carboxylic acid groups (broad SMARTS) is 1. The maximum absolute atomic E-state index is 10.3. The van der Waals surface area contributed by atoms with E-state index in [0.717, 1.165) is 0 Å². The van der Waals surface area contributed by atoms with Crippen molar-refractivity contribution in [2.24, 2.45) is 0 Å². The van der Waals surface area contributed by atoms with Crippen LogP contribution in [0.1, 0.15) is 0 Å². The third-order valence-electron chi connectivity index (χ3n) is 1.33. The fraction of sp³-hybridized carbons (Fsp3) is 0.833. The van der Waals surface area contributed by atoms with E-state index in [9.17, 15) is 4.79 Å². The summed E-state index contributed by atoms with van der Waals surface area (Å²) >= 11 is 0. The van der Waals surface area contributed by atoms with Crippen molar-refractivity contribution in [2.75, 3.05) is 20.3 Å². The first-order valence-corrected chi connectivity index (χ1v) is 3.23. The van der Waals surface area contributed by atoms with Crippen molar-refractivity contribution in [2.45, 2.75) is 12.4 Å². The van der Waals surface area contributed by atoms with Crippen LogP contribution in [0.4, 0.5) is 0 Å². The minimum Gasteiger partial charge on any atom is -0.479 e. The summed E-state index contributed by atoms with van der Waals surface area (Å²) in [5.74, 6) is -0.997. The Morgan fingerprint density at radius 2 is 2.55 bits per heavy atom. The Labute approximate surface area is 63.9 Å². The molecular weight excluding hydrogens is 152 g/mol. The lowest BCUT2D eigenvalue weighted by Crippen LogP contribution is -2.23. The zero-order valence-corrected chi connectivity index (χ0v) is 6.15. The average molecular weight is 162 g/mol. The quantitative estimate of drug-likeness (QED) is 0.603. The molecule has 2 atom stereocenters. The number of rotatable bonds is 3. The smallest absolute Gasteiger partial charge is 0.335 e. The Morgan fingerprint density at radius 1 is 1.82 bits per heavy atom. The molecule has 1 saturated heterocycles. The fourth-order valence-electron chi connectivity index (χ4n) is 0.809. The highest BCUT2D eigenvalue weighted by atomic mass is 16.7. The second-order valence-corrected chi connectivity index (χ2v) is 2.18. The standard InChI is InChI=1S/C6H10O5/c1-9-3-5-10-2-4(11-5)6(7)8/h4-5H,2-3H2,1H3,(H,7,8). The summed E-state index contributed by atoms with van der Waals surface area (Å²) in [6, 6.07) is 0. The van der Waals surface area contributed by atoms with E-state index in [-0.39, 0.29) is 13.2 Å². The van der Waals surface area contributed by atoms with Crippen LogP contribution in [0, 0.1) is 0 Å². The predicted molar refractivity (Wildman–Crippen MR) is 34.1 cm³/mol. The topological polar surface area (TPSA) is 65.0 Å². The predicted octanol–water partition coefficient (Wildman–Crippen LogP) is -0.541. The highest BCUT2D eigenvalue weighted by Gasteiger charge is 2.30. The molecule has 5 nitrogen and oxygen atoms in total. The van der Waals surface area contributed by atoms with Gasteiger partial charge in [0.05, 0.1) is 13.2 Å². The molecule has 2 unspecified atom stereocenters. The van der Waals surface area contributed by atoms with E-state index >= 15 is 0 Å². The third kappa shape index (κ3) is 2.14. The van der Waals surface area contributed by atoms with E-state index in [2.05, 4.69) is 0 Å². The van der Waals surface area contributed by atoms with E-state index in [0.29, 0.717) is 0 Å². The summed E-state index contributed by atoms with van der Waals surface area (Å²) in [4.78, 5) is 10.3. The van der Waals surface area contributed by atoms with Crippen molar-refractivity contribution in [3.05, 3.63) is 0 Å². The molecule has 1 heterocycles. The second kappa shape index (κ2) is 3.66. The normalized spacial score (nSPS) is 30.6. The zero-order chi connectivity index (χ0) is 8.27. The van der Waals surface area contributed by atoms with Gasteiger partial charge in [-0.25, -0.2) is 4.79 Å². The van der Waals surface area contributed by atoms with Crippen LogP contribution in [-0.4, -0.2) is 43.8 Å². The van der Waals surface area contributed by atoms with Crippen LogP contribution >= 0.6 is 0 Å². The van der Waals surface area contributed by atoms with Crippen LogP contribution in [0.25, 0.3) is 0 Å². The highest BCUT2D eigenvalue weighted by Crippen LogP contribution is 2.11. The van der Waals surface area contributed by atoms with E-state index < -0.39 is 18.4 Å². The number of carbonyl (C=O) groups is 1. The Morgan fingerprint density at radius 3 is 3.00 bits per heavy atom. The summed E-state index contributed by atoms with van der Waals surface area (Å²) in [6.07, 6.45) is -1.36. The molecule has 11 heavy (non-hydrogen) atoms. The van der Waals surface area contributed by atoms with Gasteiger partial charge in [-0.05, 0) is 0 Å². The van der Waals surface area contributed by atoms with Crippen LogP contribution < -0.4 is 0 Å². The SMILES string of the molecule is COCC1OCC(C(=O)O)O1. The largest absolute Gasteiger partial charge is 0.479 e. The van der Waals surface area contributed by atoms with Gasteiger partial charge in [-0.3, -0.25) is 0 Å². The number of aliphatic carboxylic acids is 1. The molecule has 1 aliphatic heterocycles. The molecule has 1 fully saturated rings. The summed E-state index contributed by atoms with van der Waals surface area (Å²) in [5.41, 5.74) is 0. The molecule has 1 rings (SSSR count). The number of ether oxygens (including phenoxy) is 3. The molecule has 0 aromatic rings. The maximum Gasteiger partial charge on any atom is 0.335 e. The number of hydrogen-bond donors (Lipinski definition) is 1. The van der Waals surface area contributed by atoms with Gasteiger partial charge in [0.2, 0.25) is 0 Å². The lowest BCUT2D eigenvalue weighted by atomic mass is 10.4. The summed E-state index contributed by atoms with van der Waals surface area (Å²) in [6.45, 7) is 0.368. The van der Waals surface area contributed by atoms with Crippen LogP contribution in [0.3, 0.4) is 0 Å². The lowest BCUT2D eigenvalue weighted by molar-refractivity contribution is -0.153. The summed E-state index contributed by atoms with van der Waals surface area (Å²) in [5, 5.41) is 8.45. The van der Waals surface area contributed by atoms with Crippen molar-refractivity contribution >= 4 is 5.97 Å². The highest BCUT2D eigenvalue weighted by molar-refractivity contribution is 5.72. The summed E-state index contributed by atoms with van der Waals surface area (Å²) < 4.78 is 14.6. The van der Waals surface area contributed by atoms with Gasteiger partial charge in [0.15, 0.2) is 12.4 Å². The van der Waals surface area contributed by atoms with Gasteiger partial charge in [-0.1, -0.05) is 0 Å². The molecule has 0 spiro atoms. The van der Waals surface area contributed by atoms with Crippen LogP contribution in [0.15, 0.2) is 0 Å². The van der Waals surface area contributed by atoms with Crippen LogP contribution in [0.5, 0.6) is 0 Å². The molecule has 0 aromatic carbocycles. The number of hydrogen-bond acceptors (Lipinski definition) is 4. The first-order chi connectivity index (χ1) is 5.24. The van der Waals surface area contributed by atoms with Crippen molar-refractivity contribution in [3.8, 4) is 0 Å².